The predicted octanol–water partition coefficient (Wildman–Crippen LogP) is 3.08. The minimum absolute atomic E-state index is 0.00761. The van der Waals surface area contributed by atoms with Crippen molar-refractivity contribution in [2.45, 2.75) is 38.3 Å². The van der Waals surface area contributed by atoms with E-state index >= 15 is 0 Å². The maximum atomic E-state index is 13.9. The zero-order chi connectivity index (χ0) is 20.1. The van der Waals surface area contributed by atoms with Crippen LogP contribution >= 0.6 is 0 Å². The molecular formula is C22H29FN4O2. The van der Waals surface area contributed by atoms with Crippen LogP contribution in [0.5, 0.6) is 0 Å². The molecule has 0 saturated carbocycles. The summed E-state index contributed by atoms with van der Waals surface area (Å²) < 4.78 is 19.7. The first-order valence-corrected chi connectivity index (χ1v) is 10.5. The number of carbonyl (C=O) groups is 1. The van der Waals surface area contributed by atoms with Crippen molar-refractivity contribution in [2.75, 3.05) is 32.8 Å². The molecule has 29 heavy (non-hydrogen) atoms. The molecule has 7 heteroatoms. The van der Waals surface area contributed by atoms with Crippen LogP contribution in [0, 0.1) is 11.7 Å². The molecule has 2 aromatic rings. The third kappa shape index (κ3) is 5.22. The minimum atomic E-state index is -0.137. The highest BCUT2D eigenvalue weighted by atomic mass is 19.1. The van der Waals surface area contributed by atoms with Gasteiger partial charge in [0.05, 0.1) is 18.6 Å². The highest BCUT2D eigenvalue weighted by Gasteiger charge is 2.28. The van der Waals surface area contributed by atoms with E-state index in [-0.39, 0.29) is 17.8 Å². The maximum absolute atomic E-state index is 13.9. The lowest BCUT2D eigenvalue weighted by atomic mass is 9.95. The van der Waals surface area contributed by atoms with Gasteiger partial charge in [-0.2, -0.15) is 0 Å². The molecular weight excluding hydrogens is 371 g/mol. The summed E-state index contributed by atoms with van der Waals surface area (Å²) in [6.07, 6.45) is 7.34. The molecule has 4 rings (SSSR count). The topological polar surface area (TPSA) is 61.5 Å². The Hall–Kier alpha value is -2.25. The van der Waals surface area contributed by atoms with E-state index in [4.69, 9.17) is 4.74 Å². The van der Waals surface area contributed by atoms with E-state index < -0.39 is 0 Å². The number of rotatable bonds is 7. The predicted molar refractivity (Wildman–Crippen MR) is 108 cm³/mol. The second-order valence-corrected chi connectivity index (χ2v) is 8.12. The van der Waals surface area contributed by atoms with Crippen molar-refractivity contribution in [1.82, 2.24) is 19.8 Å². The van der Waals surface area contributed by atoms with Gasteiger partial charge in [0.2, 0.25) is 0 Å². The summed E-state index contributed by atoms with van der Waals surface area (Å²) in [6.45, 7) is 4.63. The molecule has 2 fully saturated rings. The van der Waals surface area contributed by atoms with Crippen LogP contribution in [0.1, 0.15) is 41.7 Å². The summed E-state index contributed by atoms with van der Waals surface area (Å²) in [7, 11) is 0. The Kier molecular flexibility index (Phi) is 6.56. The summed E-state index contributed by atoms with van der Waals surface area (Å²) in [5, 5.41) is 0. The molecule has 1 N–H and O–H groups in total. The van der Waals surface area contributed by atoms with Gasteiger partial charge in [-0.3, -0.25) is 9.69 Å². The van der Waals surface area contributed by atoms with Crippen molar-refractivity contribution in [3.05, 3.63) is 53.9 Å². The van der Waals surface area contributed by atoms with E-state index in [2.05, 4.69) is 14.9 Å². The number of H-pyrrole nitrogens is 1. The van der Waals surface area contributed by atoms with Crippen LogP contribution in [0.15, 0.2) is 36.8 Å². The first kappa shape index (κ1) is 20.0. The summed E-state index contributed by atoms with van der Waals surface area (Å²) >= 11 is 0. The lowest BCUT2D eigenvalue weighted by Gasteiger charge is -2.35. The molecule has 6 nitrogen and oxygen atoms in total. The molecule has 1 aromatic heterocycles. The quantitative estimate of drug-likeness (QED) is 0.776. The molecule has 2 saturated heterocycles. The van der Waals surface area contributed by atoms with Crippen LogP contribution in [0.4, 0.5) is 4.39 Å². The number of likely N-dealkylation sites (tertiary alicyclic amines) is 1. The van der Waals surface area contributed by atoms with Crippen molar-refractivity contribution < 1.29 is 13.9 Å². The Morgan fingerprint density at radius 3 is 2.76 bits per heavy atom. The van der Waals surface area contributed by atoms with Gasteiger partial charge in [-0.15, -0.1) is 0 Å². The number of hydrogen-bond acceptors (Lipinski definition) is 4. The zero-order valence-electron chi connectivity index (χ0n) is 16.7. The highest BCUT2D eigenvalue weighted by Crippen LogP contribution is 2.23. The molecule has 0 bridgehead atoms. The van der Waals surface area contributed by atoms with Crippen LogP contribution in [-0.2, 0) is 11.3 Å². The summed E-state index contributed by atoms with van der Waals surface area (Å²) in [6, 6.07) is 6.99. The number of hydrogen-bond donors (Lipinski definition) is 1. The average Bonchev–Trinajstić information content (AvgIpc) is 3.44. The Morgan fingerprint density at radius 1 is 1.24 bits per heavy atom. The average molecular weight is 400 g/mol. The molecule has 3 heterocycles. The van der Waals surface area contributed by atoms with Crippen LogP contribution in [-0.4, -0.2) is 64.6 Å². The SMILES string of the molecule is O=C(c1cnc[nH]1)N(CC1CCN(Cc2ccccc2F)CC1)CC1CCCO1. The molecule has 1 aromatic carbocycles. The van der Waals surface area contributed by atoms with Crippen LogP contribution in [0.25, 0.3) is 0 Å². The second kappa shape index (κ2) is 9.50. The van der Waals surface area contributed by atoms with E-state index in [0.717, 1.165) is 57.5 Å². The van der Waals surface area contributed by atoms with Gasteiger partial charge in [0.1, 0.15) is 11.5 Å². The summed E-state index contributed by atoms with van der Waals surface area (Å²) in [5.74, 6) is 0.300. The van der Waals surface area contributed by atoms with E-state index in [1.807, 2.05) is 17.0 Å². The third-order valence-electron chi connectivity index (χ3n) is 6.00. The number of ether oxygens (including phenoxy) is 1. The highest BCUT2D eigenvalue weighted by molar-refractivity contribution is 5.92. The number of piperidine rings is 1. The maximum Gasteiger partial charge on any atom is 0.272 e. The fourth-order valence-corrected chi connectivity index (χ4v) is 4.32. The molecule has 0 radical (unpaired) electrons. The fourth-order valence-electron chi connectivity index (χ4n) is 4.32. The Bertz CT molecular complexity index is 784. The number of aromatic nitrogens is 2. The summed E-state index contributed by atoms with van der Waals surface area (Å²) in [4.78, 5) is 24.1. The zero-order valence-corrected chi connectivity index (χ0v) is 16.7. The number of imidazole rings is 1. The normalized spacial score (nSPS) is 20.8. The molecule has 0 aliphatic carbocycles. The number of benzene rings is 1. The summed E-state index contributed by atoms with van der Waals surface area (Å²) in [5.41, 5.74) is 1.28. The van der Waals surface area contributed by atoms with Gasteiger partial charge in [0.25, 0.3) is 5.91 Å². The lowest BCUT2D eigenvalue weighted by molar-refractivity contribution is 0.0440. The molecule has 1 amide bonds. The molecule has 1 atom stereocenters. The molecule has 156 valence electrons. The fraction of sp³-hybridized carbons (Fsp3) is 0.545. The van der Waals surface area contributed by atoms with E-state index in [9.17, 15) is 9.18 Å². The number of nitrogens with one attached hydrogen (secondary N) is 1. The van der Waals surface area contributed by atoms with Gasteiger partial charge >= 0.3 is 0 Å². The number of nitrogens with zero attached hydrogens (tertiary/aromatic N) is 3. The molecule has 1 unspecified atom stereocenters. The van der Waals surface area contributed by atoms with Gasteiger partial charge in [0.15, 0.2) is 0 Å². The first-order valence-electron chi connectivity index (χ1n) is 10.5. The van der Waals surface area contributed by atoms with Gasteiger partial charge in [0, 0.05) is 31.8 Å². The van der Waals surface area contributed by atoms with Crippen molar-refractivity contribution in [1.29, 1.82) is 0 Å². The van der Waals surface area contributed by atoms with Crippen LogP contribution in [0.3, 0.4) is 0 Å². The smallest absolute Gasteiger partial charge is 0.272 e. The Morgan fingerprint density at radius 2 is 2.07 bits per heavy atom. The van der Waals surface area contributed by atoms with Gasteiger partial charge in [-0.25, -0.2) is 9.37 Å². The Labute approximate surface area is 171 Å². The van der Waals surface area contributed by atoms with Crippen molar-refractivity contribution in [2.24, 2.45) is 5.92 Å². The number of aromatic amines is 1. The second-order valence-electron chi connectivity index (χ2n) is 8.12. The van der Waals surface area contributed by atoms with Gasteiger partial charge in [-0.05, 0) is 50.8 Å². The molecule has 2 aliphatic heterocycles. The van der Waals surface area contributed by atoms with E-state index in [0.29, 0.717) is 24.7 Å². The minimum Gasteiger partial charge on any atom is -0.376 e. The number of amides is 1. The van der Waals surface area contributed by atoms with E-state index in [1.54, 1.807) is 18.6 Å². The molecule has 0 spiro atoms. The van der Waals surface area contributed by atoms with Gasteiger partial charge in [-0.1, -0.05) is 18.2 Å². The molecule has 2 aliphatic rings. The van der Waals surface area contributed by atoms with Crippen molar-refractivity contribution in [3.63, 3.8) is 0 Å². The van der Waals surface area contributed by atoms with Gasteiger partial charge < -0.3 is 14.6 Å². The van der Waals surface area contributed by atoms with E-state index in [1.165, 1.54) is 6.07 Å². The van der Waals surface area contributed by atoms with Crippen molar-refractivity contribution >= 4 is 5.91 Å². The van der Waals surface area contributed by atoms with Crippen molar-refractivity contribution in [3.8, 4) is 0 Å². The van der Waals surface area contributed by atoms with Crippen LogP contribution in [0.2, 0.25) is 0 Å². The third-order valence-corrected chi connectivity index (χ3v) is 6.00. The monoisotopic (exact) mass is 400 g/mol. The Balaban J connectivity index is 1.33. The first-order chi connectivity index (χ1) is 14.2. The standard InChI is InChI=1S/C22H29FN4O2/c23-20-6-2-1-4-18(20)14-26-9-7-17(8-10-26)13-27(15-19-5-3-11-29-19)22(28)21-12-24-16-25-21/h1-2,4,6,12,16-17,19H,3,5,7-11,13-15H2,(H,24,25). The lowest BCUT2D eigenvalue weighted by Crippen LogP contribution is -2.43. The largest absolute Gasteiger partial charge is 0.376 e. The van der Waals surface area contributed by atoms with Crippen LogP contribution < -0.4 is 0 Å². The number of carbonyl (C=O) groups excluding carboxylic acids is 1. The number of halogens is 1.